The molecule has 1 aliphatic heterocycles. The highest BCUT2D eigenvalue weighted by Gasteiger charge is 2.50. The van der Waals surface area contributed by atoms with Gasteiger partial charge in [-0.05, 0) is 43.6 Å². The number of alkyl halides is 6. The number of rotatable bonds is 10. The van der Waals surface area contributed by atoms with Crippen molar-refractivity contribution < 1.29 is 52.8 Å². The van der Waals surface area contributed by atoms with Gasteiger partial charge in [-0.25, -0.2) is 14.4 Å². The lowest BCUT2D eigenvalue weighted by molar-refractivity contribution is -0.265. The van der Waals surface area contributed by atoms with Gasteiger partial charge >= 0.3 is 18.4 Å². The lowest BCUT2D eigenvalue weighted by atomic mass is 10.1. The first kappa shape index (κ1) is 28.2. The number of carbonyl (C=O) groups is 2. The second kappa shape index (κ2) is 11.4. The van der Waals surface area contributed by atoms with Crippen LogP contribution in [0, 0.1) is 6.92 Å². The lowest BCUT2D eigenvalue weighted by Gasteiger charge is -2.29. The molecule has 1 aromatic carbocycles. The van der Waals surface area contributed by atoms with E-state index in [1.165, 1.54) is 32.2 Å². The molecule has 3 atom stereocenters. The van der Waals surface area contributed by atoms with E-state index in [0.29, 0.717) is 4.90 Å². The first-order valence-electron chi connectivity index (χ1n) is 13.2. The summed E-state index contributed by atoms with van der Waals surface area (Å²) < 4.78 is 112. The van der Waals surface area contributed by atoms with Crippen LogP contribution in [0.1, 0.15) is 56.2 Å². The number of methoxy groups -OCH3 is 1. The minimum atomic E-state index is -5.09. The Balaban J connectivity index is 1.70. The van der Waals surface area contributed by atoms with E-state index in [9.17, 15) is 35.9 Å². The standard InChI is InChI=1S/C24H27F6N7O5/c1-11-18(36-42-35-11)20(38)33-15(9-41-22(2,3)24(28,29)30)19-31-13-6-5-12(7-14(13)32-19)16(10-40-4)37-8-17(23(25,26)27)34-21(37)39/h5-7,15-17H,8-10H2,1-4H3,(H,31,32)(H,33,38)(H,34,39)/t15-,16+,17+/m0/s1/i8D2. The van der Waals surface area contributed by atoms with Gasteiger partial charge in [-0.3, -0.25) is 4.79 Å². The average molecular weight is 610 g/mol. The first-order valence-corrected chi connectivity index (χ1v) is 12.2. The summed E-state index contributed by atoms with van der Waals surface area (Å²) in [6.45, 7) is -1.28. The zero-order valence-electron chi connectivity index (χ0n) is 24.5. The third-order valence-electron chi connectivity index (χ3n) is 6.42. The smallest absolute Gasteiger partial charge is 0.382 e. The largest absolute Gasteiger partial charge is 0.416 e. The molecule has 1 aliphatic rings. The van der Waals surface area contributed by atoms with Crippen molar-refractivity contribution in [1.29, 1.82) is 0 Å². The number of aromatic nitrogens is 4. The highest BCUT2D eigenvalue weighted by molar-refractivity contribution is 5.93. The second-order valence-corrected chi connectivity index (χ2v) is 9.84. The van der Waals surface area contributed by atoms with Crippen LogP contribution in [0.2, 0.25) is 0 Å². The van der Waals surface area contributed by atoms with E-state index in [4.69, 9.17) is 12.2 Å². The molecule has 1 fully saturated rings. The summed E-state index contributed by atoms with van der Waals surface area (Å²) in [4.78, 5) is 33.0. The van der Waals surface area contributed by atoms with Crippen LogP contribution in [-0.2, 0) is 9.47 Å². The number of halogens is 6. The summed E-state index contributed by atoms with van der Waals surface area (Å²) in [5, 5.41) is 11.1. The molecule has 230 valence electrons. The van der Waals surface area contributed by atoms with E-state index >= 15 is 0 Å². The monoisotopic (exact) mass is 609 g/mol. The van der Waals surface area contributed by atoms with Crippen molar-refractivity contribution in [3.8, 4) is 0 Å². The molecule has 1 saturated heterocycles. The molecule has 0 aliphatic carbocycles. The number of nitrogens with one attached hydrogen (secondary N) is 3. The number of amides is 3. The van der Waals surface area contributed by atoms with E-state index in [1.54, 1.807) is 5.32 Å². The fourth-order valence-electron chi connectivity index (χ4n) is 3.93. The number of H-pyrrole nitrogens is 1. The van der Waals surface area contributed by atoms with E-state index < -0.39 is 67.7 Å². The van der Waals surface area contributed by atoms with Gasteiger partial charge in [-0.2, -0.15) is 26.3 Å². The van der Waals surface area contributed by atoms with Gasteiger partial charge in [-0.1, -0.05) is 11.2 Å². The molecule has 3 heterocycles. The zero-order valence-corrected chi connectivity index (χ0v) is 22.5. The maximum Gasteiger partial charge on any atom is 0.416 e. The Morgan fingerprint density at radius 2 is 1.95 bits per heavy atom. The van der Waals surface area contributed by atoms with E-state index in [0.717, 1.165) is 13.8 Å². The summed E-state index contributed by atoms with van der Waals surface area (Å²) in [5.41, 5.74) is -2.18. The first-order chi connectivity index (χ1) is 20.3. The van der Waals surface area contributed by atoms with Gasteiger partial charge in [0.1, 0.15) is 23.6 Å². The van der Waals surface area contributed by atoms with Gasteiger partial charge in [0.05, 0.1) is 39.5 Å². The number of ether oxygens (including phenoxy) is 2. The lowest BCUT2D eigenvalue weighted by Crippen LogP contribution is -2.44. The number of nitrogens with zero attached hydrogens (tertiary/aromatic N) is 4. The van der Waals surface area contributed by atoms with Crippen molar-refractivity contribution >= 4 is 23.0 Å². The van der Waals surface area contributed by atoms with Crippen LogP contribution in [0.4, 0.5) is 31.1 Å². The number of urea groups is 1. The normalized spacial score (nSPS) is 19.8. The topological polar surface area (TPSA) is 148 Å². The zero-order chi connectivity index (χ0) is 32.8. The number of imidazole rings is 1. The summed E-state index contributed by atoms with van der Waals surface area (Å²) in [6.07, 6.45) is -9.85. The van der Waals surface area contributed by atoms with Gasteiger partial charge in [0, 0.05) is 7.11 Å². The molecular formula is C24H27F6N7O5. The quantitative estimate of drug-likeness (QED) is 0.295. The predicted octanol–water partition coefficient (Wildman–Crippen LogP) is 3.73. The summed E-state index contributed by atoms with van der Waals surface area (Å²) in [7, 11) is 1.21. The van der Waals surface area contributed by atoms with Crippen molar-refractivity contribution in [1.82, 2.24) is 35.8 Å². The molecule has 12 nitrogen and oxygen atoms in total. The maximum absolute atomic E-state index is 13.5. The second-order valence-electron chi connectivity index (χ2n) is 9.84. The van der Waals surface area contributed by atoms with Crippen LogP contribution in [0.3, 0.4) is 0 Å². The highest BCUT2D eigenvalue weighted by Crippen LogP contribution is 2.34. The third-order valence-corrected chi connectivity index (χ3v) is 6.42. The Hall–Kier alpha value is -3.93. The van der Waals surface area contributed by atoms with Crippen LogP contribution in [0.25, 0.3) is 11.0 Å². The summed E-state index contributed by atoms with van der Waals surface area (Å²) in [5.74, 6) is -0.919. The van der Waals surface area contributed by atoms with Crippen LogP contribution in [0.5, 0.6) is 0 Å². The van der Waals surface area contributed by atoms with E-state index in [-0.39, 0.29) is 33.8 Å². The van der Waals surface area contributed by atoms with Gasteiger partial charge in [0.15, 0.2) is 11.3 Å². The number of benzene rings is 1. The van der Waals surface area contributed by atoms with Gasteiger partial charge in [0.25, 0.3) is 5.91 Å². The van der Waals surface area contributed by atoms with Gasteiger partial charge in [0.2, 0.25) is 0 Å². The SMILES string of the molecule is [2H]C1([2H])[C@H](C(F)(F)F)NC(=O)N1[C@H](COC)c1ccc2nc([C@H](COC(C)(C)C(F)(F)F)NC(=O)c3nonc3C)[nH]c2c1. The van der Waals surface area contributed by atoms with Crippen molar-refractivity contribution in [3.63, 3.8) is 0 Å². The van der Waals surface area contributed by atoms with Crippen molar-refractivity contribution in [2.45, 2.75) is 56.9 Å². The number of carbonyl (C=O) groups excluding carboxylic acids is 2. The van der Waals surface area contributed by atoms with Crippen LogP contribution in [-0.4, -0.2) is 87.9 Å². The molecule has 0 bridgehead atoms. The molecule has 4 rings (SSSR count). The van der Waals surface area contributed by atoms with E-state index in [2.05, 4.69) is 30.2 Å². The summed E-state index contributed by atoms with van der Waals surface area (Å²) >= 11 is 0. The number of aryl methyl sites for hydroxylation is 1. The molecule has 0 unspecified atom stereocenters. The molecule has 3 aromatic rings. The molecule has 0 radical (unpaired) electrons. The number of hydrogen-bond acceptors (Lipinski definition) is 8. The minimum absolute atomic E-state index is 0.0627. The fraction of sp³-hybridized carbons (Fsp3) is 0.542. The Bertz CT molecular complexity index is 1530. The molecule has 2 aromatic heterocycles. The summed E-state index contributed by atoms with van der Waals surface area (Å²) in [6, 6.07) is -2.63. The molecular weight excluding hydrogens is 580 g/mol. The average Bonchev–Trinajstić information content (AvgIpc) is 3.59. The van der Waals surface area contributed by atoms with Gasteiger partial charge < -0.3 is 30.0 Å². The molecule has 18 heteroatoms. The maximum atomic E-state index is 13.5. The molecule has 0 spiro atoms. The van der Waals surface area contributed by atoms with Crippen LogP contribution < -0.4 is 10.6 Å². The number of hydrogen-bond donors (Lipinski definition) is 3. The van der Waals surface area contributed by atoms with Gasteiger partial charge in [-0.15, -0.1) is 0 Å². The molecule has 42 heavy (non-hydrogen) atoms. The Morgan fingerprint density at radius 1 is 1.24 bits per heavy atom. The Morgan fingerprint density at radius 3 is 2.52 bits per heavy atom. The van der Waals surface area contributed by atoms with Crippen molar-refractivity contribution in [2.75, 3.05) is 26.8 Å². The Labute approximate surface area is 236 Å². The third kappa shape index (κ3) is 6.43. The molecule has 3 amide bonds. The van der Waals surface area contributed by atoms with Crippen molar-refractivity contribution in [3.05, 3.63) is 41.0 Å². The van der Waals surface area contributed by atoms with E-state index in [1.807, 2.05) is 0 Å². The number of aromatic amines is 1. The molecule has 0 saturated carbocycles. The predicted molar refractivity (Wildman–Crippen MR) is 131 cm³/mol. The van der Waals surface area contributed by atoms with Crippen LogP contribution in [0.15, 0.2) is 22.8 Å². The fourth-order valence-corrected chi connectivity index (χ4v) is 3.93. The molecule has 3 N–H and O–H groups in total. The number of fused-ring (bicyclic) bond motifs is 1. The minimum Gasteiger partial charge on any atom is -0.382 e. The Kier molecular flexibility index (Phi) is 7.65. The highest BCUT2D eigenvalue weighted by atomic mass is 19.4. The van der Waals surface area contributed by atoms with Crippen LogP contribution >= 0.6 is 0 Å². The van der Waals surface area contributed by atoms with Crippen molar-refractivity contribution in [2.24, 2.45) is 0 Å².